The lowest BCUT2D eigenvalue weighted by Crippen LogP contribution is -2.31. The number of halogens is 1. The van der Waals surface area contributed by atoms with Crippen LogP contribution in [-0.4, -0.2) is 32.4 Å². The van der Waals surface area contributed by atoms with Crippen LogP contribution in [0.15, 0.2) is 36.4 Å². The van der Waals surface area contributed by atoms with Crippen LogP contribution in [0.25, 0.3) is 0 Å². The van der Waals surface area contributed by atoms with Gasteiger partial charge in [-0.2, -0.15) is 0 Å². The van der Waals surface area contributed by atoms with E-state index in [1.165, 1.54) is 19.2 Å². The second-order valence-electron chi connectivity index (χ2n) is 5.83. The van der Waals surface area contributed by atoms with Crippen molar-refractivity contribution in [1.29, 1.82) is 0 Å². The van der Waals surface area contributed by atoms with Gasteiger partial charge in [-0.05, 0) is 42.8 Å². The SMILES string of the molecule is COc1ccc(C(=O)OCC(=O)N[C@@H](C)c2ccc3c(c2)OCO3)cc1F. The molecular formula is C19H18FNO6. The number of hydrogen-bond acceptors (Lipinski definition) is 6. The van der Waals surface area contributed by atoms with Crippen LogP contribution in [-0.2, 0) is 9.53 Å². The Labute approximate surface area is 155 Å². The average Bonchev–Trinajstić information content (AvgIpc) is 3.13. The van der Waals surface area contributed by atoms with Gasteiger partial charge in [0, 0.05) is 0 Å². The van der Waals surface area contributed by atoms with Crippen LogP contribution in [0.2, 0.25) is 0 Å². The maximum absolute atomic E-state index is 13.6. The maximum Gasteiger partial charge on any atom is 0.338 e. The fraction of sp³-hybridized carbons (Fsp3) is 0.263. The Hall–Kier alpha value is -3.29. The molecule has 8 heteroatoms. The lowest BCUT2D eigenvalue weighted by molar-refractivity contribution is -0.124. The molecule has 27 heavy (non-hydrogen) atoms. The molecule has 0 saturated heterocycles. The normalized spacial score (nSPS) is 13.0. The standard InChI is InChI=1S/C19H18FNO6/c1-11(12-3-6-16-17(8-12)27-10-26-16)21-18(22)9-25-19(23)13-4-5-15(24-2)14(20)7-13/h3-8,11H,9-10H2,1-2H3,(H,21,22)/t11-/m0/s1. The number of esters is 1. The third-order valence-corrected chi connectivity index (χ3v) is 4.00. The first-order valence-electron chi connectivity index (χ1n) is 8.17. The first-order valence-corrected chi connectivity index (χ1v) is 8.17. The van der Waals surface area contributed by atoms with Crippen molar-refractivity contribution < 1.29 is 32.9 Å². The van der Waals surface area contributed by atoms with E-state index in [1.54, 1.807) is 19.1 Å². The van der Waals surface area contributed by atoms with Gasteiger partial charge in [0.25, 0.3) is 5.91 Å². The van der Waals surface area contributed by atoms with E-state index in [2.05, 4.69) is 5.32 Å². The van der Waals surface area contributed by atoms with Gasteiger partial charge in [0.2, 0.25) is 6.79 Å². The highest BCUT2D eigenvalue weighted by Gasteiger charge is 2.18. The topological polar surface area (TPSA) is 83.1 Å². The summed E-state index contributed by atoms with van der Waals surface area (Å²) >= 11 is 0. The second kappa shape index (κ2) is 7.94. The number of methoxy groups -OCH3 is 1. The van der Waals surface area contributed by atoms with Gasteiger partial charge in [0.15, 0.2) is 29.7 Å². The Kier molecular flexibility index (Phi) is 5.44. The number of carbonyl (C=O) groups is 2. The van der Waals surface area contributed by atoms with E-state index >= 15 is 0 Å². The molecular weight excluding hydrogens is 357 g/mol. The molecule has 0 fully saturated rings. The Morgan fingerprint density at radius 1 is 1.19 bits per heavy atom. The number of fused-ring (bicyclic) bond motifs is 1. The number of carbonyl (C=O) groups excluding carboxylic acids is 2. The van der Waals surface area contributed by atoms with Crippen molar-refractivity contribution in [3.8, 4) is 17.2 Å². The van der Waals surface area contributed by atoms with Gasteiger partial charge in [-0.3, -0.25) is 4.79 Å². The predicted octanol–water partition coefficient (Wildman–Crippen LogP) is 2.60. The lowest BCUT2D eigenvalue weighted by atomic mass is 10.1. The second-order valence-corrected chi connectivity index (χ2v) is 5.83. The minimum atomic E-state index is -0.803. The van der Waals surface area contributed by atoms with Crippen LogP contribution in [0.1, 0.15) is 28.9 Å². The summed E-state index contributed by atoms with van der Waals surface area (Å²) in [4.78, 5) is 24.0. The molecule has 1 atom stereocenters. The molecule has 1 aliphatic heterocycles. The van der Waals surface area contributed by atoms with Crippen molar-refractivity contribution >= 4 is 11.9 Å². The summed E-state index contributed by atoms with van der Waals surface area (Å²) < 4.78 is 33.9. The molecule has 1 amide bonds. The van der Waals surface area contributed by atoms with Gasteiger partial charge in [0.1, 0.15) is 0 Å². The summed E-state index contributed by atoms with van der Waals surface area (Å²) in [5, 5.41) is 2.72. The molecule has 1 aliphatic rings. The largest absolute Gasteiger partial charge is 0.494 e. The van der Waals surface area contributed by atoms with Gasteiger partial charge in [-0.15, -0.1) is 0 Å². The molecule has 1 heterocycles. The van der Waals surface area contributed by atoms with Crippen molar-refractivity contribution in [3.63, 3.8) is 0 Å². The average molecular weight is 375 g/mol. The zero-order chi connectivity index (χ0) is 19.4. The molecule has 2 aromatic carbocycles. The summed E-state index contributed by atoms with van der Waals surface area (Å²) in [7, 11) is 1.32. The van der Waals surface area contributed by atoms with E-state index < -0.39 is 24.3 Å². The highest BCUT2D eigenvalue weighted by atomic mass is 19.1. The Morgan fingerprint density at radius 3 is 2.70 bits per heavy atom. The molecule has 0 radical (unpaired) electrons. The maximum atomic E-state index is 13.6. The predicted molar refractivity (Wildman–Crippen MR) is 92.4 cm³/mol. The van der Waals surface area contributed by atoms with Crippen LogP contribution >= 0.6 is 0 Å². The fourth-order valence-corrected chi connectivity index (χ4v) is 2.56. The van der Waals surface area contributed by atoms with Crippen molar-refractivity contribution in [2.45, 2.75) is 13.0 Å². The zero-order valence-electron chi connectivity index (χ0n) is 14.8. The smallest absolute Gasteiger partial charge is 0.338 e. The molecule has 0 saturated carbocycles. The molecule has 0 bridgehead atoms. The first kappa shape index (κ1) is 18.5. The van der Waals surface area contributed by atoms with Crippen LogP contribution < -0.4 is 19.5 Å². The minimum absolute atomic E-state index is 0.00933. The van der Waals surface area contributed by atoms with E-state index in [0.717, 1.165) is 11.6 Å². The van der Waals surface area contributed by atoms with E-state index in [0.29, 0.717) is 11.5 Å². The molecule has 142 valence electrons. The number of nitrogens with one attached hydrogen (secondary N) is 1. The van der Waals surface area contributed by atoms with Gasteiger partial charge < -0.3 is 24.3 Å². The number of rotatable bonds is 6. The summed E-state index contributed by atoms with van der Waals surface area (Å²) in [6, 6.07) is 8.69. The number of ether oxygens (including phenoxy) is 4. The Balaban J connectivity index is 1.53. The highest BCUT2D eigenvalue weighted by molar-refractivity contribution is 5.91. The molecule has 1 N–H and O–H groups in total. The molecule has 0 spiro atoms. The fourth-order valence-electron chi connectivity index (χ4n) is 2.56. The molecule has 2 aromatic rings. The van der Waals surface area contributed by atoms with Crippen molar-refractivity contribution in [2.24, 2.45) is 0 Å². The van der Waals surface area contributed by atoms with Gasteiger partial charge in [-0.25, -0.2) is 9.18 Å². The van der Waals surface area contributed by atoms with Crippen LogP contribution in [0, 0.1) is 5.82 Å². The van der Waals surface area contributed by atoms with Gasteiger partial charge >= 0.3 is 5.97 Å². The van der Waals surface area contributed by atoms with Crippen LogP contribution in [0.3, 0.4) is 0 Å². The number of amides is 1. The quantitative estimate of drug-likeness (QED) is 0.782. The third kappa shape index (κ3) is 4.28. The minimum Gasteiger partial charge on any atom is -0.494 e. The zero-order valence-corrected chi connectivity index (χ0v) is 14.8. The molecule has 0 aliphatic carbocycles. The monoisotopic (exact) mass is 375 g/mol. The van der Waals surface area contributed by atoms with Crippen molar-refractivity contribution in [2.75, 3.05) is 20.5 Å². The lowest BCUT2D eigenvalue weighted by Gasteiger charge is -2.15. The molecule has 7 nitrogen and oxygen atoms in total. The van der Waals surface area contributed by atoms with E-state index in [4.69, 9.17) is 18.9 Å². The third-order valence-electron chi connectivity index (χ3n) is 4.00. The van der Waals surface area contributed by atoms with E-state index in [-0.39, 0.29) is 24.1 Å². The van der Waals surface area contributed by atoms with E-state index in [1.807, 2.05) is 6.07 Å². The van der Waals surface area contributed by atoms with E-state index in [9.17, 15) is 14.0 Å². The summed E-state index contributed by atoms with van der Waals surface area (Å²) in [6.07, 6.45) is 0. The Bertz CT molecular complexity index is 869. The molecule has 3 rings (SSSR count). The summed E-state index contributed by atoms with van der Waals surface area (Å²) in [5.74, 6) is -0.695. The van der Waals surface area contributed by atoms with Crippen molar-refractivity contribution in [1.82, 2.24) is 5.32 Å². The first-order chi connectivity index (χ1) is 13.0. The summed E-state index contributed by atoms with van der Waals surface area (Å²) in [5.41, 5.74) is 0.807. The van der Waals surface area contributed by atoms with Crippen molar-refractivity contribution in [3.05, 3.63) is 53.3 Å². The number of hydrogen-bond donors (Lipinski definition) is 1. The highest BCUT2D eigenvalue weighted by Crippen LogP contribution is 2.34. The number of benzene rings is 2. The van der Waals surface area contributed by atoms with Gasteiger partial charge in [0.05, 0.1) is 18.7 Å². The van der Waals surface area contributed by atoms with Gasteiger partial charge in [-0.1, -0.05) is 6.07 Å². The molecule has 0 aromatic heterocycles. The van der Waals surface area contributed by atoms with Crippen LogP contribution in [0.4, 0.5) is 4.39 Å². The van der Waals surface area contributed by atoms with Crippen LogP contribution in [0.5, 0.6) is 17.2 Å². The molecule has 0 unspecified atom stereocenters. The summed E-state index contributed by atoms with van der Waals surface area (Å²) in [6.45, 7) is 1.47. The Morgan fingerprint density at radius 2 is 1.96 bits per heavy atom.